The molecule has 1 saturated carbocycles. The van der Waals surface area contributed by atoms with Crippen molar-refractivity contribution in [1.82, 2.24) is 0 Å². The van der Waals surface area contributed by atoms with Gasteiger partial charge in [0.15, 0.2) is 0 Å². The Hall–Kier alpha value is -0.840. The maximum Gasteiger partial charge on any atom is 0.446 e. The summed E-state index contributed by atoms with van der Waals surface area (Å²) in [4.78, 5) is 0.255. The molecule has 1 aliphatic carbocycles. The fourth-order valence-electron chi connectivity index (χ4n) is 2.73. The number of hydrogen-bond donors (Lipinski definition) is 1. The van der Waals surface area contributed by atoms with Crippen molar-refractivity contribution >= 4 is 17.4 Å². The maximum absolute atomic E-state index is 12.6. The summed E-state index contributed by atoms with van der Waals surface area (Å²) in [6, 6.07) is 6.94. The molecular formula is C15H20F3NS. The van der Waals surface area contributed by atoms with Gasteiger partial charge in [0.25, 0.3) is 0 Å². The second kappa shape index (κ2) is 6.29. The van der Waals surface area contributed by atoms with Crippen molar-refractivity contribution in [2.45, 2.75) is 49.6 Å². The second-order valence-corrected chi connectivity index (χ2v) is 6.80. The molecule has 0 heterocycles. The van der Waals surface area contributed by atoms with Crippen LogP contribution < -0.4 is 5.32 Å². The number of alkyl halides is 3. The van der Waals surface area contributed by atoms with Crippen LogP contribution in [0.15, 0.2) is 29.2 Å². The number of rotatable bonds is 3. The molecule has 1 aromatic carbocycles. The second-order valence-electron chi connectivity index (χ2n) is 5.69. The predicted molar refractivity (Wildman–Crippen MR) is 77.9 cm³/mol. The number of benzene rings is 1. The molecule has 0 spiro atoms. The van der Waals surface area contributed by atoms with Gasteiger partial charge in [0.05, 0.1) is 0 Å². The molecule has 0 saturated heterocycles. The van der Waals surface area contributed by atoms with Crippen molar-refractivity contribution in [2.24, 2.45) is 11.8 Å². The van der Waals surface area contributed by atoms with Gasteiger partial charge >= 0.3 is 5.51 Å². The third-order valence-corrected chi connectivity index (χ3v) is 4.72. The highest BCUT2D eigenvalue weighted by Crippen LogP contribution is 2.41. The summed E-state index contributed by atoms with van der Waals surface area (Å²) < 4.78 is 37.7. The molecule has 3 atom stereocenters. The summed E-state index contributed by atoms with van der Waals surface area (Å²) in [6.45, 7) is 4.37. The van der Waals surface area contributed by atoms with E-state index in [4.69, 9.17) is 0 Å². The first-order chi connectivity index (χ1) is 9.35. The summed E-state index contributed by atoms with van der Waals surface area (Å²) in [5, 5.41) is 3.33. The number of thioether (sulfide) groups is 1. The topological polar surface area (TPSA) is 12.0 Å². The highest BCUT2D eigenvalue weighted by atomic mass is 32.2. The van der Waals surface area contributed by atoms with Crippen molar-refractivity contribution < 1.29 is 13.2 Å². The quantitative estimate of drug-likeness (QED) is 0.736. The van der Waals surface area contributed by atoms with Crippen molar-refractivity contribution in [2.75, 3.05) is 5.32 Å². The van der Waals surface area contributed by atoms with E-state index < -0.39 is 5.51 Å². The van der Waals surface area contributed by atoms with E-state index in [0.717, 1.165) is 12.8 Å². The molecule has 2 rings (SSSR count). The van der Waals surface area contributed by atoms with Crippen LogP contribution in [-0.2, 0) is 0 Å². The van der Waals surface area contributed by atoms with Crippen LogP contribution in [0, 0.1) is 11.8 Å². The smallest absolute Gasteiger partial charge is 0.381 e. The zero-order chi connectivity index (χ0) is 14.8. The Morgan fingerprint density at radius 3 is 2.55 bits per heavy atom. The lowest BCUT2D eigenvalue weighted by Gasteiger charge is -2.34. The molecule has 1 N–H and O–H groups in total. The van der Waals surface area contributed by atoms with E-state index in [9.17, 15) is 13.2 Å². The van der Waals surface area contributed by atoms with Crippen molar-refractivity contribution in [3.63, 3.8) is 0 Å². The van der Waals surface area contributed by atoms with Crippen LogP contribution in [0.25, 0.3) is 0 Å². The minimum Gasteiger partial charge on any atom is -0.381 e. The van der Waals surface area contributed by atoms with Gasteiger partial charge in [0, 0.05) is 16.6 Å². The van der Waals surface area contributed by atoms with Crippen molar-refractivity contribution in [3.05, 3.63) is 24.3 Å². The lowest BCUT2D eigenvalue weighted by molar-refractivity contribution is -0.0327. The van der Waals surface area contributed by atoms with Crippen LogP contribution >= 0.6 is 11.8 Å². The number of nitrogens with one attached hydrogen (secondary N) is 1. The number of hydrogen-bond acceptors (Lipinski definition) is 2. The summed E-state index contributed by atoms with van der Waals surface area (Å²) >= 11 is -0.0445. The predicted octanol–water partition coefficient (Wildman–Crippen LogP) is 5.54. The Balaban J connectivity index is 2.12. The zero-order valence-corrected chi connectivity index (χ0v) is 12.5. The van der Waals surface area contributed by atoms with Gasteiger partial charge in [0.2, 0.25) is 0 Å². The molecule has 3 unspecified atom stereocenters. The summed E-state index contributed by atoms with van der Waals surface area (Å²) in [5.74, 6) is 1.13. The standard InChI is InChI=1S/C15H20F3NS/c1-10-7-8-11(2)13(9-10)19-12-5-3-4-6-14(12)20-15(16,17)18/h3-6,10-11,13,19H,7-9H2,1-2H3. The SMILES string of the molecule is CC1CCC(C)C(Nc2ccccc2SC(F)(F)F)C1. The molecule has 0 radical (unpaired) electrons. The van der Waals surface area contributed by atoms with Crippen LogP contribution in [0.5, 0.6) is 0 Å². The van der Waals surface area contributed by atoms with Crippen molar-refractivity contribution in [1.29, 1.82) is 0 Å². The number of halogens is 3. The Morgan fingerprint density at radius 2 is 1.85 bits per heavy atom. The Labute approximate surface area is 122 Å². The summed E-state index contributed by atoms with van der Waals surface area (Å²) in [5.41, 5.74) is -3.65. The lowest BCUT2D eigenvalue weighted by atomic mass is 9.80. The molecular weight excluding hydrogens is 283 g/mol. The highest BCUT2D eigenvalue weighted by molar-refractivity contribution is 8.00. The first-order valence-electron chi connectivity index (χ1n) is 6.96. The van der Waals surface area contributed by atoms with Crippen LogP contribution in [0.4, 0.5) is 18.9 Å². The Kier molecular flexibility index (Phi) is 4.89. The molecule has 112 valence electrons. The van der Waals surface area contributed by atoms with Crippen LogP contribution in [-0.4, -0.2) is 11.6 Å². The normalized spacial score (nSPS) is 27.4. The third-order valence-electron chi connectivity index (χ3n) is 3.91. The zero-order valence-electron chi connectivity index (χ0n) is 11.7. The minimum absolute atomic E-state index is 0.0445. The number of anilines is 1. The summed E-state index contributed by atoms with van der Waals surface area (Å²) in [6.07, 6.45) is 3.36. The molecule has 1 nitrogen and oxygen atoms in total. The highest BCUT2D eigenvalue weighted by Gasteiger charge is 2.31. The minimum atomic E-state index is -4.25. The van der Waals surface area contributed by atoms with Crippen LogP contribution in [0.1, 0.15) is 33.1 Å². The van der Waals surface area contributed by atoms with E-state index >= 15 is 0 Å². The van der Waals surface area contributed by atoms with Gasteiger partial charge in [-0.1, -0.05) is 32.4 Å². The van der Waals surface area contributed by atoms with Gasteiger partial charge in [-0.3, -0.25) is 0 Å². The van der Waals surface area contributed by atoms with Crippen molar-refractivity contribution in [3.8, 4) is 0 Å². The van der Waals surface area contributed by atoms with Gasteiger partial charge < -0.3 is 5.32 Å². The van der Waals surface area contributed by atoms with Gasteiger partial charge in [0.1, 0.15) is 0 Å². The van der Waals surface area contributed by atoms with Gasteiger partial charge in [-0.2, -0.15) is 13.2 Å². The molecule has 1 aliphatic rings. The fraction of sp³-hybridized carbons (Fsp3) is 0.600. The molecule has 20 heavy (non-hydrogen) atoms. The monoisotopic (exact) mass is 303 g/mol. The third kappa shape index (κ3) is 4.33. The fourth-order valence-corrected chi connectivity index (χ4v) is 3.37. The molecule has 0 amide bonds. The average molecular weight is 303 g/mol. The first kappa shape index (κ1) is 15.5. The van der Waals surface area contributed by atoms with Crippen LogP contribution in [0.2, 0.25) is 0 Å². The lowest BCUT2D eigenvalue weighted by Crippen LogP contribution is -2.33. The molecule has 0 bridgehead atoms. The average Bonchev–Trinajstić information content (AvgIpc) is 2.34. The Morgan fingerprint density at radius 1 is 1.15 bits per heavy atom. The van der Waals surface area contributed by atoms with Gasteiger partial charge in [-0.15, -0.1) is 0 Å². The van der Waals surface area contributed by atoms with Gasteiger partial charge in [-0.25, -0.2) is 0 Å². The molecule has 0 aliphatic heterocycles. The van der Waals surface area contributed by atoms with E-state index in [-0.39, 0.29) is 22.7 Å². The maximum atomic E-state index is 12.6. The van der Waals surface area contributed by atoms with Crippen LogP contribution in [0.3, 0.4) is 0 Å². The van der Waals surface area contributed by atoms with E-state index in [1.807, 2.05) is 0 Å². The Bertz CT molecular complexity index is 447. The van der Waals surface area contributed by atoms with Gasteiger partial charge in [-0.05, 0) is 48.6 Å². The van der Waals surface area contributed by atoms with E-state index in [2.05, 4.69) is 19.2 Å². The molecule has 1 fully saturated rings. The van der Waals surface area contributed by atoms with E-state index in [1.165, 1.54) is 12.5 Å². The number of para-hydroxylation sites is 1. The van der Waals surface area contributed by atoms with E-state index in [0.29, 0.717) is 17.5 Å². The molecule has 5 heteroatoms. The summed E-state index contributed by atoms with van der Waals surface area (Å²) in [7, 11) is 0. The van der Waals surface area contributed by atoms with E-state index in [1.54, 1.807) is 18.2 Å². The first-order valence-corrected chi connectivity index (χ1v) is 7.78. The molecule has 1 aromatic rings. The molecule has 0 aromatic heterocycles. The largest absolute Gasteiger partial charge is 0.446 e.